The minimum atomic E-state index is -0.756. The van der Waals surface area contributed by atoms with Crippen LogP contribution in [0.5, 0.6) is 0 Å². The molecule has 0 aliphatic heterocycles. The molecule has 1 atom stereocenters. The van der Waals surface area contributed by atoms with Crippen LogP contribution in [0, 0.1) is 24.0 Å². The van der Waals surface area contributed by atoms with Crippen molar-refractivity contribution in [2.24, 2.45) is 0 Å². The minimum absolute atomic E-state index is 0.0358. The molecule has 0 fully saturated rings. The SMILES string of the molecule is CCOC(=O)c1sc(NC(=O)C(C)Sc2nnc(CNC(=O)c3ccc([N+](=O)[O-])cc3)n2-c2cccc(C)c2)c(C(=O)OCC)c1C. The number of esters is 2. The lowest BCUT2D eigenvalue weighted by Crippen LogP contribution is -2.25. The third-order valence-corrected chi connectivity index (χ3v) is 8.91. The molecule has 0 saturated carbocycles. The number of thioether (sulfide) groups is 1. The van der Waals surface area contributed by atoms with Crippen LogP contribution in [0.2, 0.25) is 0 Å². The number of non-ortho nitro benzene ring substituents is 1. The quantitative estimate of drug-likeness (QED) is 0.0813. The van der Waals surface area contributed by atoms with Crippen LogP contribution >= 0.6 is 23.1 Å². The summed E-state index contributed by atoms with van der Waals surface area (Å²) in [5, 5.41) is 24.8. The van der Waals surface area contributed by atoms with Crippen LogP contribution in [0.3, 0.4) is 0 Å². The molecule has 2 aromatic carbocycles. The maximum Gasteiger partial charge on any atom is 0.348 e. The van der Waals surface area contributed by atoms with E-state index in [1.807, 2.05) is 31.2 Å². The zero-order valence-corrected chi connectivity index (χ0v) is 27.8. The number of nitro groups is 1. The molecule has 1 unspecified atom stereocenters. The average Bonchev–Trinajstić information content (AvgIpc) is 3.59. The smallest absolute Gasteiger partial charge is 0.348 e. The van der Waals surface area contributed by atoms with Gasteiger partial charge in [0.1, 0.15) is 9.88 Å². The Labute approximate surface area is 278 Å². The number of nitro benzene ring substituents is 1. The van der Waals surface area contributed by atoms with E-state index >= 15 is 0 Å². The highest BCUT2D eigenvalue weighted by Gasteiger charge is 2.29. The summed E-state index contributed by atoms with van der Waals surface area (Å²) in [5.41, 5.74) is 2.18. The summed E-state index contributed by atoms with van der Waals surface area (Å²) in [6, 6.07) is 12.7. The zero-order valence-electron chi connectivity index (χ0n) is 26.2. The van der Waals surface area contributed by atoms with E-state index in [1.54, 1.807) is 32.3 Å². The number of anilines is 1. The summed E-state index contributed by atoms with van der Waals surface area (Å²) in [4.78, 5) is 62.2. The van der Waals surface area contributed by atoms with E-state index in [0.29, 0.717) is 22.2 Å². The molecule has 2 heterocycles. The van der Waals surface area contributed by atoms with Gasteiger partial charge in [-0.15, -0.1) is 21.5 Å². The van der Waals surface area contributed by atoms with E-state index in [1.165, 1.54) is 24.3 Å². The standard InChI is InChI=1S/C31H32N6O8S2/c1-6-44-29(40)24-18(4)25(30(41)45-7-2)47-28(24)33-26(38)19(5)46-31-35-34-23(36(31)22-10-8-9-17(3)15-22)16-32-27(39)20-11-13-21(14-12-20)37(42)43/h8-15,19H,6-7,16H2,1-5H3,(H,32,39)(H,33,38). The molecule has 47 heavy (non-hydrogen) atoms. The predicted molar refractivity (Wildman–Crippen MR) is 175 cm³/mol. The predicted octanol–water partition coefficient (Wildman–Crippen LogP) is 5.26. The second-order valence-electron chi connectivity index (χ2n) is 10.0. The van der Waals surface area contributed by atoms with Crippen molar-refractivity contribution in [1.82, 2.24) is 20.1 Å². The number of carbonyl (C=O) groups excluding carboxylic acids is 4. The van der Waals surface area contributed by atoms with Gasteiger partial charge in [-0.3, -0.25) is 24.3 Å². The largest absolute Gasteiger partial charge is 0.462 e. The summed E-state index contributed by atoms with van der Waals surface area (Å²) in [7, 11) is 0. The monoisotopic (exact) mass is 680 g/mol. The van der Waals surface area contributed by atoms with E-state index in [2.05, 4.69) is 20.8 Å². The molecule has 0 aliphatic carbocycles. The highest BCUT2D eigenvalue weighted by Crippen LogP contribution is 2.35. The molecule has 0 radical (unpaired) electrons. The molecule has 0 spiro atoms. The molecular weight excluding hydrogens is 649 g/mol. The van der Waals surface area contributed by atoms with Gasteiger partial charge in [-0.1, -0.05) is 23.9 Å². The van der Waals surface area contributed by atoms with Crippen molar-refractivity contribution >= 4 is 57.5 Å². The van der Waals surface area contributed by atoms with E-state index in [-0.39, 0.29) is 46.5 Å². The van der Waals surface area contributed by atoms with Crippen LogP contribution in [0.4, 0.5) is 10.7 Å². The van der Waals surface area contributed by atoms with Gasteiger partial charge in [0, 0.05) is 23.4 Å². The molecule has 246 valence electrons. The van der Waals surface area contributed by atoms with Gasteiger partial charge in [-0.25, -0.2) is 9.59 Å². The first kappa shape index (κ1) is 34.8. The number of nitrogens with zero attached hydrogens (tertiary/aromatic N) is 4. The number of aromatic nitrogens is 3. The number of carbonyl (C=O) groups is 4. The molecule has 0 saturated heterocycles. The second kappa shape index (κ2) is 15.5. The number of amides is 2. The number of hydrogen-bond acceptors (Lipinski definition) is 12. The molecule has 14 nitrogen and oxygen atoms in total. The fourth-order valence-corrected chi connectivity index (χ4v) is 6.36. The Hall–Kier alpha value is -5.09. The van der Waals surface area contributed by atoms with Gasteiger partial charge in [0.2, 0.25) is 5.91 Å². The maximum atomic E-state index is 13.5. The van der Waals surface area contributed by atoms with Gasteiger partial charge >= 0.3 is 11.9 Å². The van der Waals surface area contributed by atoms with Crippen molar-refractivity contribution in [1.29, 1.82) is 0 Å². The third-order valence-electron chi connectivity index (χ3n) is 6.68. The first-order valence-electron chi connectivity index (χ1n) is 14.4. The van der Waals surface area contributed by atoms with Crippen molar-refractivity contribution in [3.05, 3.63) is 91.6 Å². The van der Waals surface area contributed by atoms with Gasteiger partial charge in [0.05, 0.1) is 35.5 Å². The summed E-state index contributed by atoms with van der Waals surface area (Å²) < 4.78 is 12.0. The Morgan fingerprint density at radius 1 is 1.02 bits per heavy atom. The van der Waals surface area contributed by atoms with Gasteiger partial charge in [-0.05, 0) is 70.0 Å². The lowest BCUT2D eigenvalue weighted by atomic mass is 10.1. The van der Waals surface area contributed by atoms with Crippen LogP contribution in [0.15, 0.2) is 53.7 Å². The number of benzene rings is 2. The lowest BCUT2D eigenvalue weighted by molar-refractivity contribution is -0.384. The third kappa shape index (κ3) is 8.20. The number of aryl methyl sites for hydroxylation is 1. The van der Waals surface area contributed by atoms with Crippen molar-refractivity contribution in [3.8, 4) is 5.69 Å². The highest BCUT2D eigenvalue weighted by atomic mass is 32.2. The number of ether oxygens (including phenoxy) is 2. The first-order valence-corrected chi connectivity index (χ1v) is 16.1. The van der Waals surface area contributed by atoms with E-state index in [9.17, 15) is 29.3 Å². The lowest BCUT2D eigenvalue weighted by Gasteiger charge is -2.15. The molecule has 4 rings (SSSR count). The molecule has 16 heteroatoms. The maximum absolute atomic E-state index is 13.5. The zero-order chi connectivity index (χ0) is 34.2. The Morgan fingerprint density at radius 3 is 2.34 bits per heavy atom. The Kier molecular flexibility index (Phi) is 11.4. The van der Waals surface area contributed by atoms with Crippen LogP contribution in [-0.2, 0) is 20.8 Å². The summed E-state index contributed by atoms with van der Waals surface area (Å²) in [6.07, 6.45) is 0. The van der Waals surface area contributed by atoms with Gasteiger partial charge in [-0.2, -0.15) is 0 Å². The van der Waals surface area contributed by atoms with Gasteiger partial charge < -0.3 is 20.1 Å². The number of nitrogens with one attached hydrogen (secondary N) is 2. The van der Waals surface area contributed by atoms with Crippen LogP contribution in [0.25, 0.3) is 5.69 Å². The first-order chi connectivity index (χ1) is 22.4. The van der Waals surface area contributed by atoms with Crippen molar-refractivity contribution in [3.63, 3.8) is 0 Å². The second-order valence-corrected chi connectivity index (χ2v) is 12.3. The van der Waals surface area contributed by atoms with Crippen LogP contribution < -0.4 is 10.6 Å². The summed E-state index contributed by atoms with van der Waals surface area (Å²) >= 11 is 2.03. The minimum Gasteiger partial charge on any atom is -0.462 e. The van der Waals surface area contributed by atoms with Crippen molar-refractivity contribution in [2.75, 3.05) is 18.5 Å². The number of hydrogen-bond donors (Lipinski definition) is 2. The fraction of sp³-hybridized carbons (Fsp3) is 0.290. The fourth-order valence-electron chi connectivity index (χ4n) is 4.38. The molecule has 2 N–H and O–H groups in total. The summed E-state index contributed by atoms with van der Waals surface area (Å²) in [6.45, 7) is 8.70. The Bertz CT molecular complexity index is 1820. The molecule has 2 amide bonds. The topological polar surface area (TPSA) is 185 Å². The van der Waals surface area contributed by atoms with Crippen LogP contribution in [-0.4, -0.2) is 61.9 Å². The molecular formula is C31H32N6O8S2. The van der Waals surface area contributed by atoms with Crippen molar-refractivity contribution in [2.45, 2.75) is 51.6 Å². The average molecular weight is 681 g/mol. The Morgan fingerprint density at radius 2 is 1.70 bits per heavy atom. The van der Waals surface area contributed by atoms with Crippen molar-refractivity contribution < 1.29 is 33.6 Å². The van der Waals surface area contributed by atoms with Gasteiger partial charge in [0.15, 0.2) is 11.0 Å². The van der Waals surface area contributed by atoms with Gasteiger partial charge in [0.25, 0.3) is 11.6 Å². The Balaban J connectivity index is 1.58. The van der Waals surface area contributed by atoms with E-state index in [4.69, 9.17) is 9.47 Å². The summed E-state index contributed by atoms with van der Waals surface area (Å²) in [5.74, 6) is -1.84. The number of thiophene rings is 1. The van der Waals surface area contributed by atoms with E-state index < -0.39 is 33.9 Å². The van der Waals surface area contributed by atoms with E-state index in [0.717, 1.165) is 28.7 Å². The number of rotatable bonds is 13. The van der Waals surface area contributed by atoms with Crippen LogP contribution in [0.1, 0.15) is 68.1 Å². The molecule has 4 aromatic rings. The molecule has 2 aromatic heterocycles. The normalized spacial score (nSPS) is 11.4. The molecule has 0 aliphatic rings. The highest BCUT2D eigenvalue weighted by molar-refractivity contribution is 8.00. The molecule has 0 bridgehead atoms.